The summed E-state index contributed by atoms with van der Waals surface area (Å²) >= 11 is 0. The summed E-state index contributed by atoms with van der Waals surface area (Å²) in [5.74, 6) is -0.225. The summed E-state index contributed by atoms with van der Waals surface area (Å²) in [6.07, 6.45) is 0. The molecular formula is C25H25N3O. The van der Waals surface area contributed by atoms with E-state index in [2.05, 4.69) is 30.1 Å². The molecule has 29 heavy (non-hydrogen) atoms. The molecule has 1 amide bonds. The van der Waals surface area contributed by atoms with Crippen molar-refractivity contribution in [2.24, 2.45) is 0 Å². The second-order valence-corrected chi connectivity index (χ2v) is 6.91. The third-order valence-electron chi connectivity index (χ3n) is 5.01. The van der Waals surface area contributed by atoms with Gasteiger partial charge in [0.1, 0.15) is 6.07 Å². The Morgan fingerprint density at radius 1 is 0.966 bits per heavy atom. The fourth-order valence-electron chi connectivity index (χ4n) is 3.30. The quantitative estimate of drug-likeness (QED) is 0.600. The lowest BCUT2D eigenvalue weighted by molar-refractivity contribution is 0.102. The van der Waals surface area contributed by atoms with E-state index in [0.29, 0.717) is 16.8 Å². The molecule has 0 fully saturated rings. The monoisotopic (exact) mass is 383 g/mol. The number of amides is 1. The number of nitriles is 1. The van der Waals surface area contributed by atoms with E-state index < -0.39 is 0 Å². The number of nitrogens with zero attached hydrogens (tertiary/aromatic N) is 2. The van der Waals surface area contributed by atoms with Crippen LogP contribution in [0.4, 0.5) is 11.4 Å². The molecule has 3 aromatic carbocycles. The van der Waals surface area contributed by atoms with Gasteiger partial charge in [-0.3, -0.25) is 4.79 Å². The third-order valence-corrected chi connectivity index (χ3v) is 5.01. The van der Waals surface area contributed by atoms with Crippen molar-refractivity contribution in [1.82, 2.24) is 0 Å². The summed E-state index contributed by atoms with van der Waals surface area (Å²) < 4.78 is 0. The predicted octanol–water partition coefficient (Wildman–Crippen LogP) is 5.63. The maximum Gasteiger partial charge on any atom is 0.255 e. The largest absolute Gasteiger partial charge is 0.372 e. The van der Waals surface area contributed by atoms with E-state index in [1.54, 1.807) is 12.1 Å². The molecule has 146 valence electrons. The Morgan fingerprint density at radius 3 is 2.31 bits per heavy atom. The van der Waals surface area contributed by atoms with Crippen LogP contribution in [0, 0.1) is 18.3 Å². The van der Waals surface area contributed by atoms with Gasteiger partial charge in [0.15, 0.2) is 0 Å². The number of carbonyl (C=O) groups excluding carboxylic acids is 1. The number of anilines is 2. The van der Waals surface area contributed by atoms with E-state index in [0.717, 1.165) is 29.9 Å². The predicted molar refractivity (Wildman–Crippen MR) is 119 cm³/mol. The van der Waals surface area contributed by atoms with Gasteiger partial charge >= 0.3 is 0 Å². The van der Waals surface area contributed by atoms with Gasteiger partial charge in [-0.15, -0.1) is 0 Å². The molecule has 4 heteroatoms. The van der Waals surface area contributed by atoms with Crippen LogP contribution < -0.4 is 10.2 Å². The van der Waals surface area contributed by atoms with E-state index in [1.807, 2.05) is 61.5 Å². The average molecular weight is 383 g/mol. The molecule has 0 unspecified atom stereocenters. The van der Waals surface area contributed by atoms with Crippen molar-refractivity contribution < 1.29 is 4.79 Å². The zero-order valence-electron chi connectivity index (χ0n) is 17.1. The zero-order valence-corrected chi connectivity index (χ0v) is 17.1. The van der Waals surface area contributed by atoms with Crippen molar-refractivity contribution in [3.8, 4) is 17.2 Å². The van der Waals surface area contributed by atoms with Crippen LogP contribution in [0.5, 0.6) is 0 Å². The van der Waals surface area contributed by atoms with Crippen LogP contribution in [0.15, 0.2) is 66.7 Å². The van der Waals surface area contributed by atoms with Crippen LogP contribution in [0.3, 0.4) is 0 Å². The van der Waals surface area contributed by atoms with Gasteiger partial charge in [0.25, 0.3) is 5.91 Å². The van der Waals surface area contributed by atoms with E-state index in [9.17, 15) is 10.1 Å². The molecule has 4 nitrogen and oxygen atoms in total. The van der Waals surface area contributed by atoms with Crippen molar-refractivity contribution in [2.45, 2.75) is 20.8 Å². The molecule has 1 N–H and O–H groups in total. The molecule has 0 heterocycles. The summed E-state index contributed by atoms with van der Waals surface area (Å²) in [6.45, 7) is 7.97. The van der Waals surface area contributed by atoms with E-state index in [4.69, 9.17) is 0 Å². The van der Waals surface area contributed by atoms with E-state index in [-0.39, 0.29) is 5.91 Å². The van der Waals surface area contributed by atoms with Gasteiger partial charge in [0.05, 0.1) is 11.3 Å². The number of carbonyl (C=O) groups is 1. The molecule has 0 aliphatic heterocycles. The molecule has 0 aliphatic carbocycles. The van der Waals surface area contributed by atoms with Crippen LogP contribution in [0.1, 0.15) is 35.3 Å². The lowest BCUT2D eigenvalue weighted by atomic mass is 10.0. The molecule has 3 rings (SSSR count). The van der Waals surface area contributed by atoms with Gasteiger partial charge in [0.2, 0.25) is 0 Å². The first kappa shape index (κ1) is 20.2. The minimum Gasteiger partial charge on any atom is -0.372 e. The number of hydrogen-bond acceptors (Lipinski definition) is 3. The summed E-state index contributed by atoms with van der Waals surface area (Å²) in [5.41, 5.74) is 5.72. The highest BCUT2D eigenvalue weighted by molar-refractivity contribution is 6.05. The first-order chi connectivity index (χ1) is 14.0. The summed E-state index contributed by atoms with van der Waals surface area (Å²) in [4.78, 5) is 15.1. The van der Waals surface area contributed by atoms with Gasteiger partial charge in [-0.25, -0.2) is 0 Å². The smallest absolute Gasteiger partial charge is 0.255 e. The fourth-order valence-corrected chi connectivity index (χ4v) is 3.30. The van der Waals surface area contributed by atoms with Gasteiger partial charge in [0, 0.05) is 24.3 Å². The zero-order chi connectivity index (χ0) is 20.8. The molecule has 0 spiro atoms. The number of hydrogen-bond donors (Lipinski definition) is 1. The normalized spacial score (nSPS) is 10.3. The Morgan fingerprint density at radius 2 is 1.66 bits per heavy atom. The van der Waals surface area contributed by atoms with Crippen LogP contribution in [-0.4, -0.2) is 19.0 Å². The molecule has 0 atom stereocenters. The Balaban J connectivity index is 1.90. The maximum absolute atomic E-state index is 12.9. The Kier molecular flexibility index (Phi) is 6.31. The van der Waals surface area contributed by atoms with Crippen LogP contribution >= 0.6 is 0 Å². The van der Waals surface area contributed by atoms with E-state index >= 15 is 0 Å². The second-order valence-electron chi connectivity index (χ2n) is 6.91. The van der Waals surface area contributed by atoms with Gasteiger partial charge < -0.3 is 10.2 Å². The topological polar surface area (TPSA) is 56.1 Å². The molecule has 0 bridgehead atoms. The molecule has 0 aromatic heterocycles. The van der Waals surface area contributed by atoms with Crippen molar-refractivity contribution in [1.29, 1.82) is 5.26 Å². The lowest BCUT2D eigenvalue weighted by Gasteiger charge is -2.21. The lowest BCUT2D eigenvalue weighted by Crippen LogP contribution is -2.22. The van der Waals surface area contributed by atoms with Crippen LogP contribution in [-0.2, 0) is 0 Å². The minimum absolute atomic E-state index is 0.225. The third kappa shape index (κ3) is 4.64. The Hall–Kier alpha value is -3.58. The average Bonchev–Trinajstić information content (AvgIpc) is 2.75. The van der Waals surface area contributed by atoms with E-state index in [1.165, 1.54) is 5.56 Å². The molecular weight excluding hydrogens is 358 g/mol. The summed E-state index contributed by atoms with van der Waals surface area (Å²) in [6, 6.07) is 23.4. The number of nitrogens with one attached hydrogen (secondary N) is 1. The first-order valence-electron chi connectivity index (χ1n) is 9.83. The SMILES string of the molecule is CCN(CC)c1cccc(C(=O)Nc2cc(-c3ccc(C)cc3)ccc2C#N)c1. The highest BCUT2D eigenvalue weighted by Gasteiger charge is 2.12. The highest BCUT2D eigenvalue weighted by Crippen LogP contribution is 2.26. The molecule has 0 aliphatic rings. The molecule has 0 saturated carbocycles. The molecule has 0 radical (unpaired) electrons. The molecule has 0 saturated heterocycles. The minimum atomic E-state index is -0.225. The van der Waals surface area contributed by atoms with Crippen molar-refractivity contribution >= 4 is 17.3 Å². The van der Waals surface area contributed by atoms with Crippen molar-refractivity contribution in [2.75, 3.05) is 23.3 Å². The van der Waals surface area contributed by atoms with Gasteiger partial charge in [-0.1, -0.05) is 42.0 Å². The summed E-state index contributed by atoms with van der Waals surface area (Å²) in [5, 5.41) is 12.4. The Labute approximate surface area is 172 Å². The Bertz CT molecular complexity index is 1040. The standard InChI is InChI=1S/C25H25N3O/c1-4-28(5-2)23-8-6-7-21(15-23)25(29)27-24-16-20(13-14-22(24)17-26)19-11-9-18(3)10-12-19/h6-16H,4-5H2,1-3H3,(H,27,29). The van der Waals surface area contributed by atoms with Crippen LogP contribution in [0.25, 0.3) is 11.1 Å². The fraction of sp³-hybridized carbons (Fsp3) is 0.200. The number of rotatable bonds is 6. The van der Waals surface area contributed by atoms with Gasteiger partial charge in [-0.05, 0) is 62.2 Å². The number of aryl methyl sites for hydroxylation is 1. The highest BCUT2D eigenvalue weighted by atomic mass is 16.1. The first-order valence-corrected chi connectivity index (χ1v) is 9.83. The van der Waals surface area contributed by atoms with Crippen molar-refractivity contribution in [3.63, 3.8) is 0 Å². The van der Waals surface area contributed by atoms with Gasteiger partial charge in [-0.2, -0.15) is 5.26 Å². The van der Waals surface area contributed by atoms with Crippen molar-refractivity contribution in [3.05, 3.63) is 83.4 Å². The molecule has 3 aromatic rings. The maximum atomic E-state index is 12.9. The second kappa shape index (κ2) is 9.07. The van der Waals surface area contributed by atoms with Crippen LogP contribution in [0.2, 0.25) is 0 Å². The summed E-state index contributed by atoms with van der Waals surface area (Å²) in [7, 11) is 0. The number of benzene rings is 3.